The molecule has 1 atom stereocenters. The van der Waals surface area contributed by atoms with Crippen molar-refractivity contribution in [3.05, 3.63) is 82.6 Å². The minimum Gasteiger partial charge on any atom is -0.348 e. The van der Waals surface area contributed by atoms with Crippen LogP contribution in [0.2, 0.25) is 0 Å². The maximum atomic E-state index is 13.6. The van der Waals surface area contributed by atoms with E-state index < -0.39 is 17.8 Å². The minimum absolute atomic E-state index is 0.0740. The van der Waals surface area contributed by atoms with E-state index in [4.69, 9.17) is 0 Å². The van der Waals surface area contributed by atoms with Crippen LogP contribution in [0.15, 0.2) is 55.0 Å². The first-order valence-electron chi connectivity index (χ1n) is 10.1. The standard InChI is InChI=1S/C22H15F3N6OS/c23-22(24,25)12-4-3-8-31-16(12)10-15(29-31)19-18-14(26-11-27-18)7-9-30(19)21(32)20-28-13-5-1-2-6-17(13)33-20/h1-6,8,10-11,19H,7,9H2,(H,26,27). The number of para-hydroxylation sites is 1. The lowest BCUT2D eigenvalue weighted by Gasteiger charge is -2.33. The minimum atomic E-state index is -4.53. The molecule has 0 fully saturated rings. The van der Waals surface area contributed by atoms with Crippen molar-refractivity contribution in [3.63, 3.8) is 0 Å². The van der Waals surface area contributed by atoms with Gasteiger partial charge in [0.05, 0.1) is 39.0 Å². The van der Waals surface area contributed by atoms with E-state index >= 15 is 0 Å². The monoisotopic (exact) mass is 468 g/mol. The molecule has 0 saturated carbocycles. The Bertz CT molecular complexity index is 1480. The molecule has 166 valence electrons. The Hall–Kier alpha value is -3.73. The van der Waals surface area contributed by atoms with Crippen LogP contribution >= 0.6 is 11.3 Å². The Balaban J connectivity index is 1.48. The third-order valence-corrected chi connectivity index (χ3v) is 6.79. The summed E-state index contributed by atoms with van der Waals surface area (Å²) in [6.07, 6.45) is -0.994. The topological polar surface area (TPSA) is 79.2 Å². The van der Waals surface area contributed by atoms with Gasteiger partial charge in [0.1, 0.15) is 6.04 Å². The van der Waals surface area contributed by atoms with Gasteiger partial charge in [-0.3, -0.25) is 4.79 Å². The summed E-state index contributed by atoms with van der Waals surface area (Å²) in [5.74, 6) is -0.303. The lowest BCUT2D eigenvalue weighted by atomic mass is 9.99. The number of alkyl halides is 3. The Kier molecular flexibility index (Phi) is 4.31. The molecule has 1 aliphatic heterocycles. The Labute approximate surface area is 188 Å². The molecule has 7 nitrogen and oxygen atoms in total. The molecule has 5 heterocycles. The number of benzene rings is 1. The fraction of sp³-hybridized carbons (Fsp3) is 0.182. The zero-order valence-corrected chi connectivity index (χ0v) is 17.7. The van der Waals surface area contributed by atoms with Crippen LogP contribution in [-0.2, 0) is 12.6 Å². The lowest BCUT2D eigenvalue weighted by molar-refractivity contribution is -0.136. The van der Waals surface area contributed by atoms with E-state index in [1.807, 2.05) is 24.3 Å². The molecule has 11 heteroatoms. The van der Waals surface area contributed by atoms with Gasteiger partial charge in [-0.1, -0.05) is 12.1 Å². The molecule has 4 aromatic heterocycles. The second kappa shape index (κ2) is 7.14. The van der Waals surface area contributed by atoms with E-state index in [9.17, 15) is 18.0 Å². The number of H-pyrrole nitrogens is 1. The number of thiazole rings is 1. The number of halogens is 3. The maximum Gasteiger partial charge on any atom is 0.418 e. The fourth-order valence-corrected chi connectivity index (χ4v) is 5.21. The van der Waals surface area contributed by atoms with Crippen molar-refractivity contribution in [2.45, 2.75) is 18.6 Å². The van der Waals surface area contributed by atoms with Gasteiger partial charge in [-0.2, -0.15) is 18.3 Å². The number of aromatic amines is 1. The predicted molar refractivity (Wildman–Crippen MR) is 115 cm³/mol. The molecule has 0 radical (unpaired) electrons. The number of carbonyl (C=O) groups is 1. The molecule has 0 saturated heterocycles. The fourth-order valence-electron chi connectivity index (χ4n) is 4.29. The van der Waals surface area contributed by atoms with E-state index in [2.05, 4.69) is 20.1 Å². The van der Waals surface area contributed by atoms with Gasteiger partial charge in [0, 0.05) is 24.9 Å². The molecule has 1 N–H and O–H groups in total. The average Bonchev–Trinajstić information content (AvgIpc) is 3.53. The number of imidazole rings is 1. The maximum absolute atomic E-state index is 13.6. The Morgan fingerprint density at radius 1 is 1.18 bits per heavy atom. The highest BCUT2D eigenvalue weighted by molar-refractivity contribution is 7.20. The van der Waals surface area contributed by atoms with Crippen molar-refractivity contribution in [1.82, 2.24) is 29.5 Å². The molecule has 5 aromatic rings. The second-order valence-electron chi connectivity index (χ2n) is 7.72. The largest absolute Gasteiger partial charge is 0.418 e. The van der Waals surface area contributed by atoms with Gasteiger partial charge in [0.25, 0.3) is 5.91 Å². The molecular formula is C22H15F3N6OS. The average molecular weight is 468 g/mol. The highest BCUT2D eigenvalue weighted by Crippen LogP contribution is 2.38. The Morgan fingerprint density at radius 3 is 2.85 bits per heavy atom. The van der Waals surface area contributed by atoms with Crippen LogP contribution in [0, 0.1) is 0 Å². The van der Waals surface area contributed by atoms with Crippen molar-refractivity contribution in [2.75, 3.05) is 6.54 Å². The molecule has 6 rings (SSSR count). The van der Waals surface area contributed by atoms with Gasteiger partial charge >= 0.3 is 6.18 Å². The van der Waals surface area contributed by atoms with Crippen LogP contribution in [0.25, 0.3) is 15.7 Å². The highest BCUT2D eigenvalue weighted by Gasteiger charge is 2.39. The molecule has 1 aliphatic rings. The van der Waals surface area contributed by atoms with Gasteiger partial charge in [-0.15, -0.1) is 11.3 Å². The first-order chi connectivity index (χ1) is 15.9. The first kappa shape index (κ1) is 19.9. The molecule has 33 heavy (non-hydrogen) atoms. The molecule has 0 spiro atoms. The number of rotatable bonds is 2. The van der Waals surface area contributed by atoms with Crippen LogP contribution in [0.4, 0.5) is 13.2 Å². The molecular weight excluding hydrogens is 453 g/mol. The number of nitrogens with zero attached hydrogens (tertiary/aromatic N) is 5. The van der Waals surface area contributed by atoms with Gasteiger partial charge in [-0.05, 0) is 30.3 Å². The van der Waals surface area contributed by atoms with E-state index in [-0.39, 0.29) is 11.4 Å². The van der Waals surface area contributed by atoms with Crippen LogP contribution in [0.3, 0.4) is 0 Å². The normalized spacial score (nSPS) is 16.5. The molecule has 0 aliphatic carbocycles. The van der Waals surface area contributed by atoms with Crippen LogP contribution in [0.1, 0.15) is 38.5 Å². The summed E-state index contributed by atoms with van der Waals surface area (Å²) in [5, 5.41) is 4.73. The van der Waals surface area contributed by atoms with E-state index in [0.717, 1.165) is 22.0 Å². The number of hydrogen-bond acceptors (Lipinski definition) is 5. The zero-order valence-electron chi connectivity index (χ0n) is 16.9. The second-order valence-corrected chi connectivity index (χ2v) is 8.75. The summed E-state index contributed by atoms with van der Waals surface area (Å²) in [4.78, 5) is 27.1. The number of carbonyl (C=O) groups excluding carboxylic acids is 1. The molecule has 0 bridgehead atoms. The van der Waals surface area contributed by atoms with Gasteiger partial charge in [0.15, 0.2) is 5.01 Å². The summed E-state index contributed by atoms with van der Waals surface area (Å²) in [7, 11) is 0. The van der Waals surface area contributed by atoms with E-state index in [0.29, 0.717) is 29.4 Å². The van der Waals surface area contributed by atoms with Gasteiger partial charge in [0.2, 0.25) is 0 Å². The summed E-state index contributed by atoms with van der Waals surface area (Å²) >= 11 is 1.29. The van der Waals surface area contributed by atoms with Crippen LogP contribution in [-0.4, -0.2) is 41.9 Å². The summed E-state index contributed by atoms with van der Waals surface area (Å²) in [6.45, 7) is 0.356. The van der Waals surface area contributed by atoms with Crippen molar-refractivity contribution >= 4 is 33.0 Å². The molecule has 1 aromatic carbocycles. The number of hydrogen-bond donors (Lipinski definition) is 1. The SMILES string of the molecule is O=C(c1nc2ccccc2s1)N1CCc2[nH]cnc2C1c1cc2c(C(F)(F)F)cccn2n1. The number of nitrogens with one attached hydrogen (secondary N) is 1. The number of aromatic nitrogens is 5. The molecule has 1 unspecified atom stereocenters. The zero-order chi connectivity index (χ0) is 22.7. The number of pyridine rings is 1. The number of fused-ring (bicyclic) bond motifs is 3. The number of amides is 1. The summed E-state index contributed by atoms with van der Waals surface area (Å²) in [5.41, 5.74) is 1.59. The van der Waals surface area contributed by atoms with E-state index in [1.54, 1.807) is 4.90 Å². The highest BCUT2D eigenvalue weighted by atomic mass is 32.1. The van der Waals surface area contributed by atoms with Crippen molar-refractivity contribution in [1.29, 1.82) is 0 Å². The van der Waals surface area contributed by atoms with Crippen molar-refractivity contribution < 1.29 is 18.0 Å². The van der Waals surface area contributed by atoms with Crippen LogP contribution < -0.4 is 0 Å². The Morgan fingerprint density at radius 2 is 2.03 bits per heavy atom. The van der Waals surface area contributed by atoms with Crippen LogP contribution in [0.5, 0.6) is 0 Å². The van der Waals surface area contributed by atoms with Crippen molar-refractivity contribution in [2.24, 2.45) is 0 Å². The smallest absolute Gasteiger partial charge is 0.348 e. The van der Waals surface area contributed by atoms with E-state index in [1.165, 1.54) is 40.5 Å². The quantitative estimate of drug-likeness (QED) is 0.415. The lowest BCUT2D eigenvalue weighted by Crippen LogP contribution is -2.41. The van der Waals surface area contributed by atoms with Crippen molar-refractivity contribution in [3.8, 4) is 0 Å². The third kappa shape index (κ3) is 3.18. The summed E-state index contributed by atoms with van der Waals surface area (Å²) in [6, 6.07) is 10.4. The van der Waals surface area contributed by atoms with Gasteiger partial charge < -0.3 is 9.88 Å². The summed E-state index contributed by atoms with van der Waals surface area (Å²) < 4.78 is 42.7. The predicted octanol–water partition coefficient (Wildman–Crippen LogP) is 4.47. The van der Waals surface area contributed by atoms with Gasteiger partial charge in [-0.25, -0.2) is 14.5 Å². The third-order valence-electron chi connectivity index (χ3n) is 5.77. The molecule has 1 amide bonds. The first-order valence-corrected chi connectivity index (χ1v) is 11.0.